The van der Waals surface area contributed by atoms with Crippen LogP contribution in [0, 0.1) is 13.8 Å². The predicted molar refractivity (Wildman–Crippen MR) is 83.8 cm³/mol. The van der Waals surface area contributed by atoms with E-state index < -0.39 is 22.8 Å². The van der Waals surface area contributed by atoms with E-state index in [4.69, 9.17) is 0 Å². The molecule has 3 N–H and O–H groups in total. The van der Waals surface area contributed by atoms with Gasteiger partial charge in [-0.3, -0.25) is 9.53 Å². The Morgan fingerprint density at radius 1 is 1.29 bits per heavy atom. The Balaban J connectivity index is 2.01. The van der Waals surface area contributed by atoms with Gasteiger partial charge in [0.1, 0.15) is 5.00 Å². The molecule has 0 aliphatic carbocycles. The zero-order valence-electron chi connectivity index (χ0n) is 11.9. The zero-order chi connectivity index (χ0) is 15.6. The highest BCUT2D eigenvalue weighted by Crippen LogP contribution is 2.32. The smallest absolute Gasteiger partial charge is 0.338 e. The number of carbonyl (C=O) groups is 2. The molecule has 2 rings (SSSR count). The number of hydrogen-bond acceptors (Lipinski definition) is 4. The van der Waals surface area contributed by atoms with Crippen molar-refractivity contribution in [2.45, 2.75) is 32.7 Å². The largest absolute Gasteiger partial charge is 0.478 e. The molecule has 1 aromatic heterocycles. The molecule has 1 aliphatic rings. The quantitative estimate of drug-likeness (QED) is 0.791. The van der Waals surface area contributed by atoms with Crippen LogP contribution in [0.2, 0.25) is 0 Å². The number of hydrogen-bond donors (Lipinski definition) is 3. The molecular weight excluding hydrogens is 312 g/mol. The number of amides is 2. The molecule has 0 atom stereocenters. The van der Waals surface area contributed by atoms with Crippen LogP contribution in [0.4, 0.5) is 9.80 Å². The number of aromatic carboxylic acids is 1. The Bertz CT molecular complexity index is 587. The van der Waals surface area contributed by atoms with Crippen LogP contribution in [0.5, 0.6) is 0 Å². The fourth-order valence-corrected chi connectivity index (χ4v) is 4.58. The standard InChI is InChI=1S/C13H18N2O4S2/c1-7-8(2)20-11(10(7)12(16)17)15-13(18)14-9-3-5-21(19)6-4-9/h9H,3-6H2,1-2H3,(H,16,17)(H2,14,15,18). The van der Waals surface area contributed by atoms with Gasteiger partial charge in [-0.25, -0.2) is 9.59 Å². The van der Waals surface area contributed by atoms with Crippen LogP contribution >= 0.6 is 11.3 Å². The Morgan fingerprint density at radius 2 is 1.90 bits per heavy atom. The van der Waals surface area contributed by atoms with E-state index in [1.165, 1.54) is 11.3 Å². The molecule has 2 heterocycles. The van der Waals surface area contributed by atoms with Crippen LogP contribution in [0.25, 0.3) is 0 Å². The molecule has 0 spiro atoms. The molecule has 0 radical (unpaired) electrons. The van der Waals surface area contributed by atoms with E-state index in [9.17, 15) is 18.9 Å². The van der Waals surface area contributed by atoms with Crippen LogP contribution in [0.1, 0.15) is 33.6 Å². The molecule has 0 aromatic carbocycles. The third-order valence-electron chi connectivity index (χ3n) is 3.55. The average Bonchev–Trinajstić information content (AvgIpc) is 2.67. The Labute approximate surface area is 129 Å². The van der Waals surface area contributed by atoms with Gasteiger partial charge in [-0.15, -0.1) is 11.3 Å². The molecule has 0 bridgehead atoms. The molecule has 6 nitrogen and oxygen atoms in total. The summed E-state index contributed by atoms with van der Waals surface area (Å²) in [6, 6.07) is -0.408. The summed E-state index contributed by atoms with van der Waals surface area (Å²) in [5.74, 6) is 0.158. The van der Waals surface area contributed by atoms with Gasteiger partial charge in [0.05, 0.1) is 5.56 Å². The summed E-state index contributed by atoms with van der Waals surface area (Å²) in [4.78, 5) is 24.1. The van der Waals surface area contributed by atoms with Gasteiger partial charge in [0, 0.05) is 33.2 Å². The SMILES string of the molecule is Cc1sc(NC(=O)NC2CCS(=O)CC2)c(C(=O)O)c1C. The third kappa shape index (κ3) is 3.82. The summed E-state index contributed by atoms with van der Waals surface area (Å²) in [6.07, 6.45) is 1.38. The van der Waals surface area contributed by atoms with Crippen molar-refractivity contribution >= 4 is 39.1 Å². The van der Waals surface area contributed by atoms with E-state index in [1.807, 2.05) is 6.92 Å². The maximum atomic E-state index is 12.0. The van der Waals surface area contributed by atoms with Gasteiger partial charge in [-0.05, 0) is 32.3 Å². The number of carbonyl (C=O) groups excluding carboxylic acids is 1. The predicted octanol–water partition coefficient (Wildman–Crippen LogP) is 2.10. The molecule has 1 aliphatic heterocycles. The highest BCUT2D eigenvalue weighted by atomic mass is 32.2. The average molecular weight is 330 g/mol. The van der Waals surface area contributed by atoms with Crippen molar-refractivity contribution in [3.63, 3.8) is 0 Å². The highest BCUT2D eigenvalue weighted by Gasteiger charge is 2.23. The van der Waals surface area contributed by atoms with Gasteiger partial charge in [0.2, 0.25) is 0 Å². The van der Waals surface area contributed by atoms with Crippen LogP contribution in [-0.4, -0.2) is 38.9 Å². The lowest BCUT2D eigenvalue weighted by atomic mass is 10.1. The van der Waals surface area contributed by atoms with Crippen molar-refractivity contribution in [3.05, 3.63) is 16.0 Å². The van der Waals surface area contributed by atoms with Crippen molar-refractivity contribution in [2.24, 2.45) is 0 Å². The molecule has 0 saturated carbocycles. The van der Waals surface area contributed by atoms with E-state index in [0.29, 0.717) is 34.9 Å². The fourth-order valence-electron chi connectivity index (χ4n) is 2.24. The summed E-state index contributed by atoms with van der Waals surface area (Å²) >= 11 is 1.26. The molecule has 116 valence electrons. The molecule has 8 heteroatoms. The number of nitrogens with one attached hydrogen (secondary N) is 2. The maximum Gasteiger partial charge on any atom is 0.338 e. The summed E-state index contributed by atoms with van der Waals surface area (Å²) in [5, 5.41) is 15.0. The number of thiophene rings is 1. The first kappa shape index (κ1) is 16.0. The second kappa shape index (κ2) is 6.57. The summed E-state index contributed by atoms with van der Waals surface area (Å²) in [5.41, 5.74) is 0.827. The van der Waals surface area contributed by atoms with Gasteiger partial charge >= 0.3 is 12.0 Å². The molecule has 1 fully saturated rings. The number of carboxylic acids is 1. The minimum Gasteiger partial charge on any atom is -0.478 e. The molecule has 1 aromatic rings. The molecule has 21 heavy (non-hydrogen) atoms. The van der Waals surface area contributed by atoms with Crippen molar-refractivity contribution in [3.8, 4) is 0 Å². The molecule has 0 unspecified atom stereocenters. The number of anilines is 1. The van der Waals surface area contributed by atoms with Crippen LogP contribution in [-0.2, 0) is 10.8 Å². The topological polar surface area (TPSA) is 95.5 Å². The van der Waals surface area contributed by atoms with Gasteiger partial charge in [-0.2, -0.15) is 0 Å². The minimum absolute atomic E-state index is 0.00173. The van der Waals surface area contributed by atoms with E-state index in [-0.39, 0.29) is 11.6 Å². The summed E-state index contributed by atoms with van der Waals surface area (Å²) < 4.78 is 11.3. The lowest BCUT2D eigenvalue weighted by Gasteiger charge is -2.22. The normalized spacial score (nSPS) is 21.8. The van der Waals surface area contributed by atoms with Crippen LogP contribution in [0.15, 0.2) is 0 Å². The number of aryl methyl sites for hydroxylation is 1. The maximum absolute atomic E-state index is 12.0. The Hall–Kier alpha value is -1.41. The first-order valence-electron chi connectivity index (χ1n) is 6.64. The molecule has 1 saturated heterocycles. The Morgan fingerprint density at radius 3 is 2.48 bits per heavy atom. The minimum atomic E-state index is -1.04. The first-order valence-corrected chi connectivity index (χ1v) is 8.94. The lowest BCUT2D eigenvalue weighted by molar-refractivity contribution is 0.0697. The molecule has 2 amide bonds. The fraction of sp³-hybridized carbons (Fsp3) is 0.538. The van der Waals surface area contributed by atoms with E-state index in [1.54, 1.807) is 6.92 Å². The van der Waals surface area contributed by atoms with Crippen molar-refractivity contribution in [2.75, 3.05) is 16.8 Å². The Kier molecular flexibility index (Phi) is 5.00. The van der Waals surface area contributed by atoms with Crippen molar-refractivity contribution in [1.82, 2.24) is 5.32 Å². The van der Waals surface area contributed by atoms with Gasteiger partial charge in [0.25, 0.3) is 0 Å². The number of urea groups is 1. The second-order valence-corrected chi connectivity index (χ2v) is 7.93. The summed E-state index contributed by atoms with van der Waals surface area (Å²) in [6.45, 7) is 3.56. The zero-order valence-corrected chi connectivity index (χ0v) is 13.5. The van der Waals surface area contributed by atoms with E-state index >= 15 is 0 Å². The second-order valence-electron chi connectivity index (χ2n) is 5.01. The van der Waals surface area contributed by atoms with E-state index in [0.717, 1.165) is 4.88 Å². The third-order valence-corrected chi connectivity index (χ3v) is 6.05. The monoisotopic (exact) mass is 330 g/mol. The van der Waals surface area contributed by atoms with E-state index in [2.05, 4.69) is 10.6 Å². The van der Waals surface area contributed by atoms with Crippen molar-refractivity contribution in [1.29, 1.82) is 0 Å². The highest BCUT2D eigenvalue weighted by molar-refractivity contribution is 7.85. The van der Waals surface area contributed by atoms with Crippen LogP contribution in [0.3, 0.4) is 0 Å². The van der Waals surface area contributed by atoms with Crippen molar-refractivity contribution < 1.29 is 18.9 Å². The number of carboxylic acid groups (broad SMARTS) is 1. The van der Waals surface area contributed by atoms with Gasteiger partial charge < -0.3 is 10.4 Å². The van der Waals surface area contributed by atoms with Gasteiger partial charge in [-0.1, -0.05) is 0 Å². The lowest BCUT2D eigenvalue weighted by Crippen LogP contribution is -2.41. The molecular formula is C13H18N2O4S2. The van der Waals surface area contributed by atoms with Crippen LogP contribution < -0.4 is 10.6 Å². The first-order chi connectivity index (χ1) is 9.88. The number of rotatable bonds is 3. The van der Waals surface area contributed by atoms with Gasteiger partial charge in [0.15, 0.2) is 0 Å². The summed E-state index contributed by atoms with van der Waals surface area (Å²) in [7, 11) is -0.771.